The predicted octanol–water partition coefficient (Wildman–Crippen LogP) is 1.62. The number of anilines is 1. The van der Waals surface area contributed by atoms with Crippen molar-refractivity contribution in [3.05, 3.63) is 29.5 Å². The lowest BCUT2D eigenvalue weighted by molar-refractivity contribution is 0.976. The van der Waals surface area contributed by atoms with Gasteiger partial charge in [0.2, 0.25) is 0 Å². The molecule has 2 heteroatoms. The van der Waals surface area contributed by atoms with Crippen LogP contribution in [0, 0.1) is 0 Å². The lowest BCUT2D eigenvalue weighted by Crippen LogP contribution is -2.01. The fraction of sp³-hybridized carbons (Fsp3) is 0.222. The van der Waals surface area contributed by atoms with Crippen molar-refractivity contribution in [2.75, 3.05) is 5.73 Å². The van der Waals surface area contributed by atoms with Crippen LogP contribution >= 0.6 is 0 Å². The summed E-state index contributed by atoms with van der Waals surface area (Å²) in [5.74, 6) is 0.687. The summed E-state index contributed by atoms with van der Waals surface area (Å²) in [4.78, 5) is 4.04. The molecule has 1 aliphatic rings. The van der Waals surface area contributed by atoms with Crippen molar-refractivity contribution in [1.82, 2.24) is 4.98 Å². The molecule has 0 aromatic carbocycles. The maximum absolute atomic E-state index is 5.70. The number of fused-ring (bicyclic) bond motifs is 1. The van der Waals surface area contributed by atoms with E-state index in [0.29, 0.717) is 5.82 Å². The van der Waals surface area contributed by atoms with Crippen molar-refractivity contribution in [2.24, 2.45) is 0 Å². The van der Waals surface area contributed by atoms with Crippen LogP contribution in [0.2, 0.25) is 0 Å². The average molecular weight is 146 g/mol. The summed E-state index contributed by atoms with van der Waals surface area (Å²) in [5.41, 5.74) is 8.13. The molecule has 2 rings (SSSR count). The summed E-state index contributed by atoms with van der Waals surface area (Å²) in [6.45, 7) is 0. The Bertz CT molecular complexity index is 302. The molecule has 1 heterocycles. The summed E-state index contributed by atoms with van der Waals surface area (Å²) in [7, 11) is 0. The van der Waals surface area contributed by atoms with E-state index < -0.39 is 0 Å². The molecule has 2 N–H and O–H groups in total. The number of hydrogen-bond acceptors (Lipinski definition) is 2. The molecule has 1 aliphatic carbocycles. The molecule has 0 unspecified atom stereocenters. The van der Waals surface area contributed by atoms with Crippen LogP contribution < -0.4 is 5.73 Å². The third-order valence-corrected chi connectivity index (χ3v) is 1.98. The van der Waals surface area contributed by atoms with Gasteiger partial charge in [0.05, 0.1) is 0 Å². The van der Waals surface area contributed by atoms with Crippen LogP contribution in [0.3, 0.4) is 0 Å². The Morgan fingerprint density at radius 3 is 3.18 bits per heavy atom. The third kappa shape index (κ3) is 1.00. The molecule has 0 bridgehead atoms. The van der Waals surface area contributed by atoms with Gasteiger partial charge in [0, 0.05) is 11.8 Å². The standard InChI is InChI=1S/C9H10N2/c10-9-8-4-2-1-3-7(8)5-6-11-9/h1,3,5-6H,2,4H2,(H2,10,11). The number of allylic oxidation sites excluding steroid dienone is 1. The van der Waals surface area contributed by atoms with Gasteiger partial charge in [-0.05, 0) is 24.5 Å². The van der Waals surface area contributed by atoms with Gasteiger partial charge < -0.3 is 5.73 Å². The molecule has 2 nitrogen and oxygen atoms in total. The highest BCUT2D eigenvalue weighted by molar-refractivity contribution is 5.61. The molecule has 0 aliphatic heterocycles. The Kier molecular flexibility index (Phi) is 1.39. The van der Waals surface area contributed by atoms with Crippen molar-refractivity contribution in [3.8, 4) is 0 Å². The van der Waals surface area contributed by atoms with Gasteiger partial charge in [0.15, 0.2) is 0 Å². The van der Waals surface area contributed by atoms with Crippen LogP contribution in [-0.4, -0.2) is 4.98 Å². The zero-order valence-corrected chi connectivity index (χ0v) is 6.25. The number of hydrogen-bond donors (Lipinski definition) is 1. The average Bonchev–Trinajstić information content (AvgIpc) is 2.06. The first-order chi connectivity index (χ1) is 5.38. The topological polar surface area (TPSA) is 38.9 Å². The van der Waals surface area contributed by atoms with E-state index in [9.17, 15) is 0 Å². The number of nitrogens with zero attached hydrogens (tertiary/aromatic N) is 1. The predicted molar refractivity (Wildman–Crippen MR) is 46.0 cm³/mol. The van der Waals surface area contributed by atoms with Gasteiger partial charge in [-0.2, -0.15) is 0 Å². The van der Waals surface area contributed by atoms with E-state index in [2.05, 4.69) is 17.1 Å². The van der Waals surface area contributed by atoms with E-state index in [-0.39, 0.29) is 0 Å². The van der Waals surface area contributed by atoms with Crippen molar-refractivity contribution < 1.29 is 0 Å². The van der Waals surface area contributed by atoms with Crippen LogP contribution in [0.5, 0.6) is 0 Å². The largest absolute Gasteiger partial charge is 0.383 e. The lowest BCUT2D eigenvalue weighted by Gasteiger charge is -2.10. The molecule has 0 amide bonds. The Morgan fingerprint density at radius 1 is 1.45 bits per heavy atom. The van der Waals surface area contributed by atoms with Crippen LogP contribution in [-0.2, 0) is 6.42 Å². The van der Waals surface area contributed by atoms with Gasteiger partial charge >= 0.3 is 0 Å². The number of nitrogens with two attached hydrogens (primary N) is 1. The lowest BCUT2D eigenvalue weighted by atomic mass is 9.99. The van der Waals surface area contributed by atoms with Crippen LogP contribution in [0.1, 0.15) is 17.5 Å². The summed E-state index contributed by atoms with van der Waals surface area (Å²) >= 11 is 0. The Morgan fingerprint density at radius 2 is 2.36 bits per heavy atom. The SMILES string of the molecule is Nc1nccc2c1CCC=C2. The van der Waals surface area contributed by atoms with Gasteiger partial charge in [-0.3, -0.25) is 0 Å². The monoisotopic (exact) mass is 146 g/mol. The molecule has 1 aromatic rings. The fourth-order valence-electron chi connectivity index (χ4n) is 1.39. The zero-order valence-electron chi connectivity index (χ0n) is 6.25. The first-order valence-corrected chi connectivity index (χ1v) is 3.78. The van der Waals surface area contributed by atoms with E-state index in [1.54, 1.807) is 6.20 Å². The van der Waals surface area contributed by atoms with Gasteiger partial charge in [-0.1, -0.05) is 12.2 Å². The number of nitrogen functional groups attached to an aromatic ring is 1. The fourth-order valence-corrected chi connectivity index (χ4v) is 1.39. The Hall–Kier alpha value is -1.31. The van der Waals surface area contributed by atoms with Crippen molar-refractivity contribution in [3.63, 3.8) is 0 Å². The summed E-state index contributed by atoms with van der Waals surface area (Å²) < 4.78 is 0. The number of pyridine rings is 1. The molecule has 0 saturated heterocycles. The van der Waals surface area contributed by atoms with Crippen molar-refractivity contribution in [1.29, 1.82) is 0 Å². The van der Waals surface area contributed by atoms with E-state index >= 15 is 0 Å². The highest BCUT2D eigenvalue weighted by Crippen LogP contribution is 2.21. The molecular formula is C9H10N2. The third-order valence-electron chi connectivity index (χ3n) is 1.98. The highest BCUT2D eigenvalue weighted by atomic mass is 14.8. The van der Waals surface area contributed by atoms with Crippen LogP contribution in [0.4, 0.5) is 5.82 Å². The molecule has 0 spiro atoms. The minimum absolute atomic E-state index is 0.687. The molecular weight excluding hydrogens is 136 g/mol. The molecule has 0 fully saturated rings. The zero-order chi connectivity index (χ0) is 7.68. The quantitative estimate of drug-likeness (QED) is 0.604. The number of aromatic nitrogens is 1. The first kappa shape index (κ1) is 6.40. The minimum Gasteiger partial charge on any atom is -0.383 e. The van der Waals surface area contributed by atoms with Gasteiger partial charge in [0.25, 0.3) is 0 Å². The second kappa shape index (κ2) is 2.38. The minimum atomic E-state index is 0.687. The van der Waals surface area contributed by atoms with E-state index in [0.717, 1.165) is 12.8 Å². The van der Waals surface area contributed by atoms with Gasteiger partial charge in [-0.25, -0.2) is 4.98 Å². The smallest absolute Gasteiger partial charge is 0.127 e. The molecule has 11 heavy (non-hydrogen) atoms. The normalized spacial score (nSPS) is 14.5. The maximum Gasteiger partial charge on any atom is 0.127 e. The highest BCUT2D eigenvalue weighted by Gasteiger charge is 2.06. The second-order valence-electron chi connectivity index (χ2n) is 2.71. The number of rotatable bonds is 0. The molecule has 1 aromatic heterocycles. The van der Waals surface area contributed by atoms with Crippen molar-refractivity contribution in [2.45, 2.75) is 12.8 Å². The van der Waals surface area contributed by atoms with Gasteiger partial charge in [0.1, 0.15) is 5.82 Å². The summed E-state index contributed by atoms with van der Waals surface area (Å²) in [6.07, 6.45) is 8.15. The second-order valence-corrected chi connectivity index (χ2v) is 2.71. The van der Waals surface area contributed by atoms with E-state index in [1.165, 1.54) is 11.1 Å². The maximum atomic E-state index is 5.70. The molecule has 56 valence electrons. The summed E-state index contributed by atoms with van der Waals surface area (Å²) in [5, 5.41) is 0. The summed E-state index contributed by atoms with van der Waals surface area (Å²) in [6, 6.07) is 2.00. The van der Waals surface area contributed by atoms with Crippen LogP contribution in [0.25, 0.3) is 6.08 Å². The Balaban J connectivity index is 2.60. The molecule has 0 atom stereocenters. The first-order valence-electron chi connectivity index (χ1n) is 3.78. The van der Waals surface area contributed by atoms with Gasteiger partial charge in [-0.15, -0.1) is 0 Å². The van der Waals surface area contributed by atoms with E-state index in [1.807, 2.05) is 6.07 Å². The van der Waals surface area contributed by atoms with E-state index in [4.69, 9.17) is 5.73 Å². The van der Waals surface area contributed by atoms with Crippen molar-refractivity contribution >= 4 is 11.9 Å². The molecule has 0 saturated carbocycles. The Labute approximate surface area is 65.8 Å². The molecule has 0 radical (unpaired) electrons. The van der Waals surface area contributed by atoms with Crippen LogP contribution in [0.15, 0.2) is 18.3 Å².